The lowest BCUT2D eigenvalue weighted by Crippen LogP contribution is -2.58. The SMILES string of the molecule is CC1CN(C[C@@H]2CNC[C@@H](C)O2)C(C)CN1. The van der Waals surface area contributed by atoms with Crippen LogP contribution in [0, 0.1) is 0 Å². The van der Waals surface area contributed by atoms with E-state index < -0.39 is 0 Å². The van der Waals surface area contributed by atoms with Crippen molar-refractivity contribution in [3.63, 3.8) is 0 Å². The average molecular weight is 227 g/mol. The Bertz CT molecular complexity index is 224. The molecule has 0 aromatic heterocycles. The minimum absolute atomic E-state index is 0.356. The highest BCUT2D eigenvalue weighted by Crippen LogP contribution is 2.11. The zero-order chi connectivity index (χ0) is 11.5. The van der Waals surface area contributed by atoms with Crippen molar-refractivity contribution in [2.45, 2.75) is 45.1 Å². The molecule has 2 rings (SSSR count). The number of hydrogen-bond donors (Lipinski definition) is 2. The monoisotopic (exact) mass is 227 g/mol. The predicted octanol–water partition coefficient (Wildman–Crippen LogP) is 0.0455. The minimum Gasteiger partial charge on any atom is -0.371 e. The molecule has 0 saturated carbocycles. The zero-order valence-corrected chi connectivity index (χ0v) is 10.7. The molecule has 0 aromatic carbocycles. The molecule has 0 aliphatic carbocycles. The zero-order valence-electron chi connectivity index (χ0n) is 10.7. The van der Waals surface area contributed by atoms with Crippen molar-refractivity contribution in [2.75, 3.05) is 32.7 Å². The molecule has 2 unspecified atom stereocenters. The normalized spacial score (nSPS) is 42.2. The van der Waals surface area contributed by atoms with Crippen molar-refractivity contribution in [3.05, 3.63) is 0 Å². The second kappa shape index (κ2) is 5.45. The van der Waals surface area contributed by atoms with E-state index in [9.17, 15) is 0 Å². The second-order valence-electron chi connectivity index (χ2n) is 5.34. The van der Waals surface area contributed by atoms with Gasteiger partial charge < -0.3 is 15.4 Å². The highest BCUT2D eigenvalue weighted by molar-refractivity contribution is 4.84. The molecular weight excluding hydrogens is 202 g/mol. The van der Waals surface area contributed by atoms with Crippen LogP contribution in [0.4, 0.5) is 0 Å². The van der Waals surface area contributed by atoms with Crippen molar-refractivity contribution >= 4 is 0 Å². The van der Waals surface area contributed by atoms with Crippen LogP contribution >= 0.6 is 0 Å². The van der Waals surface area contributed by atoms with Gasteiger partial charge in [0.2, 0.25) is 0 Å². The van der Waals surface area contributed by atoms with Crippen molar-refractivity contribution in [1.82, 2.24) is 15.5 Å². The van der Waals surface area contributed by atoms with E-state index in [1.165, 1.54) is 0 Å². The summed E-state index contributed by atoms with van der Waals surface area (Å²) < 4.78 is 5.95. The standard InChI is InChI=1S/C12H25N3O/c1-9-7-15(10(2)4-14-9)8-12-6-13-5-11(3)16-12/h9-14H,4-8H2,1-3H3/t9?,10?,11-,12+/m1/s1. The minimum atomic E-state index is 0.356. The molecule has 0 aromatic rings. The van der Waals surface area contributed by atoms with Gasteiger partial charge in [0, 0.05) is 44.8 Å². The third-order valence-corrected chi connectivity index (χ3v) is 3.56. The molecule has 0 spiro atoms. The first kappa shape index (κ1) is 12.3. The maximum atomic E-state index is 5.95. The second-order valence-corrected chi connectivity index (χ2v) is 5.34. The highest BCUT2D eigenvalue weighted by atomic mass is 16.5. The maximum absolute atomic E-state index is 5.95. The molecule has 4 nitrogen and oxygen atoms in total. The van der Waals surface area contributed by atoms with Crippen molar-refractivity contribution in [1.29, 1.82) is 0 Å². The predicted molar refractivity (Wildman–Crippen MR) is 65.7 cm³/mol. The third-order valence-electron chi connectivity index (χ3n) is 3.56. The molecule has 2 aliphatic rings. The van der Waals surface area contributed by atoms with Gasteiger partial charge in [0.05, 0.1) is 12.2 Å². The molecule has 94 valence electrons. The summed E-state index contributed by atoms with van der Waals surface area (Å²) >= 11 is 0. The lowest BCUT2D eigenvalue weighted by atomic mass is 10.1. The van der Waals surface area contributed by atoms with Crippen LogP contribution in [0.5, 0.6) is 0 Å². The molecule has 2 heterocycles. The van der Waals surface area contributed by atoms with E-state index >= 15 is 0 Å². The van der Waals surface area contributed by atoms with E-state index in [4.69, 9.17) is 4.74 Å². The smallest absolute Gasteiger partial charge is 0.0830 e. The number of rotatable bonds is 2. The summed E-state index contributed by atoms with van der Waals surface area (Å²) in [7, 11) is 0. The van der Waals surface area contributed by atoms with Gasteiger partial charge in [-0.05, 0) is 20.8 Å². The number of ether oxygens (including phenoxy) is 1. The Morgan fingerprint density at radius 3 is 2.75 bits per heavy atom. The summed E-state index contributed by atoms with van der Waals surface area (Å²) in [6.07, 6.45) is 0.714. The van der Waals surface area contributed by atoms with Gasteiger partial charge in [-0.25, -0.2) is 0 Å². The fraction of sp³-hybridized carbons (Fsp3) is 1.00. The van der Waals surface area contributed by atoms with Gasteiger partial charge in [-0.1, -0.05) is 0 Å². The molecule has 0 radical (unpaired) electrons. The summed E-state index contributed by atoms with van der Waals surface area (Å²) in [6, 6.07) is 1.22. The van der Waals surface area contributed by atoms with Crippen LogP contribution < -0.4 is 10.6 Å². The van der Waals surface area contributed by atoms with Crippen LogP contribution in [0.2, 0.25) is 0 Å². The molecule has 2 aliphatic heterocycles. The summed E-state index contributed by atoms with van der Waals surface area (Å²) in [5, 5.41) is 6.94. The molecule has 4 heteroatoms. The Balaban J connectivity index is 1.82. The quantitative estimate of drug-likeness (QED) is 0.699. The van der Waals surface area contributed by atoms with Gasteiger partial charge in [-0.2, -0.15) is 0 Å². The molecule has 2 saturated heterocycles. The summed E-state index contributed by atoms with van der Waals surface area (Å²) in [5.74, 6) is 0. The van der Waals surface area contributed by atoms with Crippen LogP contribution in [-0.4, -0.2) is 61.9 Å². The van der Waals surface area contributed by atoms with Crippen LogP contribution in [0.15, 0.2) is 0 Å². The fourth-order valence-corrected chi connectivity index (χ4v) is 2.59. The van der Waals surface area contributed by atoms with Crippen LogP contribution in [0.3, 0.4) is 0 Å². The third kappa shape index (κ3) is 3.17. The first-order chi connectivity index (χ1) is 7.65. The first-order valence-corrected chi connectivity index (χ1v) is 6.48. The number of nitrogens with zero attached hydrogens (tertiary/aromatic N) is 1. The summed E-state index contributed by atoms with van der Waals surface area (Å²) in [6.45, 7) is 12.0. The van der Waals surface area contributed by atoms with E-state index in [2.05, 4.69) is 36.3 Å². The van der Waals surface area contributed by atoms with Crippen LogP contribution in [0.25, 0.3) is 0 Å². The van der Waals surface area contributed by atoms with Gasteiger partial charge in [0.1, 0.15) is 0 Å². The van der Waals surface area contributed by atoms with E-state index in [0.29, 0.717) is 24.3 Å². The lowest BCUT2D eigenvalue weighted by molar-refractivity contribution is -0.0508. The van der Waals surface area contributed by atoms with E-state index in [0.717, 1.165) is 32.7 Å². The molecule has 4 atom stereocenters. The highest BCUT2D eigenvalue weighted by Gasteiger charge is 2.27. The Morgan fingerprint density at radius 2 is 2.00 bits per heavy atom. The van der Waals surface area contributed by atoms with Gasteiger partial charge in [0.15, 0.2) is 0 Å². The molecular formula is C12H25N3O. The van der Waals surface area contributed by atoms with Crippen molar-refractivity contribution in [2.24, 2.45) is 0 Å². The Morgan fingerprint density at radius 1 is 1.19 bits per heavy atom. The van der Waals surface area contributed by atoms with E-state index in [1.54, 1.807) is 0 Å². The summed E-state index contributed by atoms with van der Waals surface area (Å²) in [5.41, 5.74) is 0. The average Bonchev–Trinajstić information content (AvgIpc) is 2.24. The number of morpholine rings is 1. The Labute approximate surface area is 98.7 Å². The number of nitrogens with one attached hydrogen (secondary N) is 2. The van der Waals surface area contributed by atoms with Crippen molar-refractivity contribution in [3.8, 4) is 0 Å². The Kier molecular flexibility index (Phi) is 4.19. The molecule has 16 heavy (non-hydrogen) atoms. The first-order valence-electron chi connectivity index (χ1n) is 6.48. The largest absolute Gasteiger partial charge is 0.371 e. The topological polar surface area (TPSA) is 36.5 Å². The maximum Gasteiger partial charge on any atom is 0.0830 e. The van der Waals surface area contributed by atoms with Gasteiger partial charge >= 0.3 is 0 Å². The molecule has 0 bridgehead atoms. The van der Waals surface area contributed by atoms with Crippen molar-refractivity contribution < 1.29 is 4.74 Å². The fourth-order valence-electron chi connectivity index (χ4n) is 2.59. The summed E-state index contributed by atoms with van der Waals surface area (Å²) in [4.78, 5) is 2.55. The lowest BCUT2D eigenvalue weighted by Gasteiger charge is -2.40. The Hall–Kier alpha value is -0.160. The van der Waals surface area contributed by atoms with E-state index in [-0.39, 0.29) is 0 Å². The van der Waals surface area contributed by atoms with Crippen LogP contribution in [-0.2, 0) is 4.74 Å². The molecule has 2 N–H and O–H groups in total. The number of piperazine rings is 1. The molecule has 2 fully saturated rings. The van der Waals surface area contributed by atoms with Gasteiger partial charge in [-0.3, -0.25) is 4.90 Å². The molecule has 0 amide bonds. The van der Waals surface area contributed by atoms with E-state index in [1.807, 2.05) is 0 Å². The van der Waals surface area contributed by atoms with Gasteiger partial charge in [-0.15, -0.1) is 0 Å². The van der Waals surface area contributed by atoms with Crippen LogP contribution in [0.1, 0.15) is 20.8 Å². The number of hydrogen-bond acceptors (Lipinski definition) is 4. The van der Waals surface area contributed by atoms with Gasteiger partial charge in [0.25, 0.3) is 0 Å².